The van der Waals surface area contributed by atoms with Gasteiger partial charge in [0.05, 0.1) is 17.4 Å². The molecule has 1 aromatic heterocycles. The summed E-state index contributed by atoms with van der Waals surface area (Å²) in [4.78, 5) is 31.6. The summed E-state index contributed by atoms with van der Waals surface area (Å²) in [7, 11) is 0. The Hall–Kier alpha value is -3.10. The molecular weight excluding hydrogens is 373 g/mol. The molecule has 148 valence electrons. The first-order valence-electron chi connectivity index (χ1n) is 8.69. The van der Waals surface area contributed by atoms with Crippen molar-refractivity contribution >= 4 is 23.2 Å². The summed E-state index contributed by atoms with van der Waals surface area (Å²) in [6, 6.07) is 7.69. The van der Waals surface area contributed by atoms with Crippen LogP contribution in [0.1, 0.15) is 23.0 Å². The van der Waals surface area contributed by atoms with Crippen LogP contribution >= 0.6 is 0 Å². The van der Waals surface area contributed by atoms with Crippen LogP contribution in [-0.2, 0) is 11.0 Å². The monoisotopic (exact) mass is 392 g/mol. The molecule has 0 atom stereocenters. The summed E-state index contributed by atoms with van der Waals surface area (Å²) >= 11 is 0. The molecule has 0 saturated carbocycles. The smallest absolute Gasteiger partial charge is 0.367 e. The normalized spacial score (nSPS) is 14.7. The molecule has 1 N–H and O–H groups in total. The SMILES string of the molecule is CC(=O)N1CCN(c2ccc(C(=O)Nc3cccc(C(F)(F)F)c3)nc2)CC1. The number of hydrogen-bond donors (Lipinski definition) is 1. The largest absolute Gasteiger partial charge is 0.416 e. The number of nitrogens with one attached hydrogen (secondary N) is 1. The van der Waals surface area contributed by atoms with Crippen molar-refractivity contribution in [2.75, 3.05) is 36.4 Å². The van der Waals surface area contributed by atoms with Crippen LogP contribution in [0.25, 0.3) is 0 Å². The van der Waals surface area contributed by atoms with Crippen LogP contribution in [0.2, 0.25) is 0 Å². The number of aromatic nitrogens is 1. The van der Waals surface area contributed by atoms with E-state index in [-0.39, 0.29) is 17.3 Å². The Morgan fingerprint density at radius 1 is 1.07 bits per heavy atom. The van der Waals surface area contributed by atoms with Crippen molar-refractivity contribution < 1.29 is 22.8 Å². The maximum atomic E-state index is 12.8. The van der Waals surface area contributed by atoms with Crippen LogP contribution in [0, 0.1) is 0 Å². The molecule has 3 rings (SSSR count). The van der Waals surface area contributed by atoms with Gasteiger partial charge in [-0.25, -0.2) is 4.98 Å². The first-order chi connectivity index (χ1) is 13.2. The minimum atomic E-state index is -4.48. The summed E-state index contributed by atoms with van der Waals surface area (Å²) in [6.45, 7) is 4.10. The lowest BCUT2D eigenvalue weighted by Gasteiger charge is -2.35. The van der Waals surface area contributed by atoms with E-state index in [2.05, 4.69) is 15.2 Å². The maximum absolute atomic E-state index is 12.8. The lowest BCUT2D eigenvalue weighted by atomic mass is 10.2. The summed E-state index contributed by atoms with van der Waals surface area (Å²) < 4.78 is 38.3. The zero-order chi connectivity index (χ0) is 20.3. The third kappa shape index (κ3) is 4.59. The highest BCUT2D eigenvalue weighted by Crippen LogP contribution is 2.30. The van der Waals surface area contributed by atoms with E-state index in [4.69, 9.17) is 0 Å². The van der Waals surface area contributed by atoms with Gasteiger partial charge in [0.1, 0.15) is 5.69 Å². The standard InChI is InChI=1S/C19H19F3N4O2/c1-13(27)25-7-9-26(10-8-25)16-5-6-17(23-12-16)18(28)24-15-4-2-3-14(11-15)19(20,21)22/h2-6,11-12H,7-10H2,1H3,(H,24,28). The third-order valence-corrected chi connectivity index (χ3v) is 4.52. The number of halogens is 3. The Morgan fingerprint density at radius 2 is 1.79 bits per heavy atom. The summed E-state index contributed by atoms with van der Waals surface area (Å²) in [5.74, 6) is -0.549. The van der Waals surface area contributed by atoms with E-state index in [1.165, 1.54) is 25.1 Å². The van der Waals surface area contributed by atoms with Gasteiger partial charge in [-0.05, 0) is 30.3 Å². The molecule has 9 heteroatoms. The van der Waals surface area contributed by atoms with Crippen molar-refractivity contribution in [3.8, 4) is 0 Å². The number of rotatable bonds is 3. The number of benzene rings is 1. The van der Waals surface area contributed by atoms with Crippen molar-refractivity contribution in [2.45, 2.75) is 13.1 Å². The Balaban J connectivity index is 1.64. The van der Waals surface area contributed by atoms with E-state index in [0.717, 1.165) is 17.8 Å². The Morgan fingerprint density at radius 3 is 2.36 bits per heavy atom. The van der Waals surface area contributed by atoms with E-state index in [9.17, 15) is 22.8 Å². The van der Waals surface area contributed by atoms with Gasteiger partial charge in [-0.15, -0.1) is 0 Å². The zero-order valence-corrected chi connectivity index (χ0v) is 15.2. The van der Waals surface area contributed by atoms with Gasteiger partial charge in [0.15, 0.2) is 0 Å². The molecule has 2 heterocycles. The lowest BCUT2D eigenvalue weighted by molar-refractivity contribution is -0.137. The van der Waals surface area contributed by atoms with Gasteiger partial charge in [-0.1, -0.05) is 6.07 Å². The van der Waals surface area contributed by atoms with Crippen LogP contribution in [0.5, 0.6) is 0 Å². The third-order valence-electron chi connectivity index (χ3n) is 4.52. The number of carbonyl (C=O) groups excluding carboxylic acids is 2. The van der Waals surface area contributed by atoms with Crippen molar-refractivity contribution in [2.24, 2.45) is 0 Å². The fraction of sp³-hybridized carbons (Fsp3) is 0.316. The number of hydrogen-bond acceptors (Lipinski definition) is 4. The summed E-state index contributed by atoms with van der Waals surface area (Å²) in [5.41, 5.74) is 0.131. The van der Waals surface area contributed by atoms with Crippen molar-refractivity contribution in [1.82, 2.24) is 9.88 Å². The molecular formula is C19H19F3N4O2. The van der Waals surface area contributed by atoms with Gasteiger partial charge in [0.25, 0.3) is 5.91 Å². The second kappa shape index (κ2) is 7.87. The number of piperazine rings is 1. The Labute approximate surface area is 160 Å². The molecule has 6 nitrogen and oxygen atoms in total. The highest BCUT2D eigenvalue weighted by atomic mass is 19.4. The number of alkyl halides is 3. The lowest BCUT2D eigenvalue weighted by Crippen LogP contribution is -2.48. The minimum absolute atomic E-state index is 0.0411. The van der Waals surface area contributed by atoms with Crippen LogP contribution in [0.4, 0.5) is 24.5 Å². The van der Waals surface area contributed by atoms with Crippen LogP contribution in [-0.4, -0.2) is 47.9 Å². The average Bonchev–Trinajstić information content (AvgIpc) is 2.68. The summed E-state index contributed by atoms with van der Waals surface area (Å²) in [5, 5.41) is 2.43. The number of amides is 2. The molecule has 2 aromatic rings. The van der Waals surface area contributed by atoms with Crippen molar-refractivity contribution in [3.05, 3.63) is 53.9 Å². The molecule has 0 aliphatic carbocycles. The predicted molar refractivity (Wildman–Crippen MR) is 98.1 cm³/mol. The fourth-order valence-electron chi connectivity index (χ4n) is 2.96. The first kappa shape index (κ1) is 19.7. The second-order valence-corrected chi connectivity index (χ2v) is 6.43. The second-order valence-electron chi connectivity index (χ2n) is 6.43. The first-order valence-corrected chi connectivity index (χ1v) is 8.69. The fourth-order valence-corrected chi connectivity index (χ4v) is 2.96. The van der Waals surface area contributed by atoms with Gasteiger partial charge < -0.3 is 15.1 Å². The molecule has 0 spiro atoms. The van der Waals surface area contributed by atoms with Crippen LogP contribution in [0.15, 0.2) is 42.6 Å². The highest BCUT2D eigenvalue weighted by molar-refractivity contribution is 6.03. The molecule has 1 saturated heterocycles. The van der Waals surface area contributed by atoms with Crippen LogP contribution < -0.4 is 10.2 Å². The number of nitrogens with zero attached hydrogens (tertiary/aromatic N) is 3. The molecule has 0 bridgehead atoms. The van der Waals surface area contributed by atoms with E-state index in [1.807, 2.05) is 0 Å². The molecule has 1 fully saturated rings. The van der Waals surface area contributed by atoms with Crippen molar-refractivity contribution in [1.29, 1.82) is 0 Å². The molecule has 2 amide bonds. The van der Waals surface area contributed by atoms with E-state index < -0.39 is 17.6 Å². The number of carbonyl (C=O) groups is 2. The minimum Gasteiger partial charge on any atom is -0.367 e. The van der Waals surface area contributed by atoms with Crippen molar-refractivity contribution in [3.63, 3.8) is 0 Å². The molecule has 0 unspecified atom stereocenters. The summed E-state index contributed by atoms with van der Waals surface area (Å²) in [6.07, 6.45) is -2.93. The predicted octanol–water partition coefficient (Wildman–Crippen LogP) is 3.02. The quantitative estimate of drug-likeness (QED) is 0.872. The van der Waals surface area contributed by atoms with E-state index in [0.29, 0.717) is 26.2 Å². The number of pyridine rings is 1. The number of anilines is 2. The zero-order valence-electron chi connectivity index (χ0n) is 15.2. The molecule has 1 aliphatic rings. The maximum Gasteiger partial charge on any atom is 0.416 e. The van der Waals surface area contributed by atoms with E-state index >= 15 is 0 Å². The molecule has 1 aromatic carbocycles. The molecule has 28 heavy (non-hydrogen) atoms. The highest BCUT2D eigenvalue weighted by Gasteiger charge is 2.30. The average molecular weight is 392 g/mol. The molecule has 1 aliphatic heterocycles. The molecule has 0 radical (unpaired) electrons. The van der Waals surface area contributed by atoms with E-state index in [1.54, 1.807) is 17.2 Å². The van der Waals surface area contributed by atoms with Gasteiger partial charge in [0.2, 0.25) is 5.91 Å². The Bertz CT molecular complexity index is 860. The van der Waals surface area contributed by atoms with Gasteiger partial charge in [-0.2, -0.15) is 13.2 Å². The topological polar surface area (TPSA) is 65.5 Å². The van der Waals surface area contributed by atoms with Crippen LogP contribution in [0.3, 0.4) is 0 Å². The van der Waals surface area contributed by atoms with Gasteiger partial charge in [-0.3, -0.25) is 9.59 Å². The Kier molecular flexibility index (Phi) is 5.53. The van der Waals surface area contributed by atoms with Gasteiger partial charge >= 0.3 is 6.18 Å². The van der Waals surface area contributed by atoms with Gasteiger partial charge in [0, 0.05) is 38.8 Å².